The van der Waals surface area contributed by atoms with E-state index in [-0.39, 0.29) is 0 Å². The van der Waals surface area contributed by atoms with Crippen LogP contribution in [0.25, 0.3) is 0 Å². The highest BCUT2D eigenvalue weighted by atomic mass is 15.2. The Kier molecular flexibility index (Phi) is 5.62. The van der Waals surface area contributed by atoms with Crippen LogP contribution < -0.4 is 5.73 Å². The molecule has 0 atom stereocenters. The average Bonchev–Trinajstić information content (AvgIpc) is 2.91. The quantitative estimate of drug-likeness (QED) is 0.857. The van der Waals surface area contributed by atoms with Crippen LogP contribution in [0.3, 0.4) is 0 Å². The van der Waals surface area contributed by atoms with Crippen molar-refractivity contribution >= 4 is 0 Å². The zero-order valence-corrected chi connectivity index (χ0v) is 13.4. The first-order chi connectivity index (χ1) is 9.61. The van der Waals surface area contributed by atoms with E-state index < -0.39 is 0 Å². The molecule has 2 rings (SSSR count). The van der Waals surface area contributed by atoms with E-state index in [1.807, 2.05) is 0 Å². The molecule has 0 unspecified atom stereocenters. The number of benzene rings is 1. The molecule has 20 heavy (non-hydrogen) atoms. The Morgan fingerprint density at radius 3 is 2.25 bits per heavy atom. The van der Waals surface area contributed by atoms with Crippen molar-refractivity contribution in [2.24, 2.45) is 5.73 Å². The molecule has 1 aliphatic rings. The van der Waals surface area contributed by atoms with Gasteiger partial charge in [0.25, 0.3) is 0 Å². The van der Waals surface area contributed by atoms with E-state index in [0.717, 1.165) is 32.1 Å². The van der Waals surface area contributed by atoms with Gasteiger partial charge in [0.15, 0.2) is 0 Å². The van der Waals surface area contributed by atoms with E-state index in [4.69, 9.17) is 5.73 Å². The number of nitrogens with zero attached hydrogens (tertiary/aromatic N) is 1. The second kappa shape index (κ2) is 7.24. The largest absolute Gasteiger partial charge is 0.330 e. The maximum atomic E-state index is 5.72. The Bertz CT molecular complexity index is 410. The molecule has 0 amide bonds. The smallest absolute Gasteiger partial charge is 0.0241 e. The number of aryl methyl sites for hydroxylation is 3. The van der Waals surface area contributed by atoms with Crippen molar-refractivity contribution < 1.29 is 0 Å². The van der Waals surface area contributed by atoms with Gasteiger partial charge in [0.2, 0.25) is 0 Å². The molecule has 0 radical (unpaired) electrons. The van der Waals surface area contributed by atoms with E-state index in [1.54, 1.807) is 0 Å². The molecular weight excluding hydrogens is 244 g/mol. The number of nitrogens with two attached hydrogens (primary N) is 1. The van der Waals surface area contributed by atoms with Crippen LogP contribution in [0, 0.1) is 20.8 Å². The van der Waals surface area contributed by atoms with Crippen molar-refractivity contribution in [3.63, 3.8) is 0 Å². The Balaban J connectivity index is 2.14. The second-order valence-corrected chi connectivity index (χ2v) is 6.43. The number of hydrogen-bond donors (Lipinski definition) is 1. The summed E-state index contributed by atoms with van der Waals surface area (Å²) in [7, 11) is 0. The highest BCUT2D eigenvalue weighted by Crippen LogP contribution is 2.27. The molecule has 0 heterocycles. The SMILES string of the molecule is Cc1cc(C)c(CN(CCCN)C2CCCC2)c(C)c1. The van der Waals surface area contributed by atoms with E-state index in [2.05, 4.69) is 37.8 Å². The monoisotopic (exact) mass is 274 g/mol. The van der Waals surface area contributed by atoms with Crippen LogP contribution in [0.15, 0.2) is 12.1 Å². The lowest BCUT2D eigenvalue weighted by atomic mass is 9.98. The first-order valence-electron chi connectivity index (χ1n) is 8.12. The lowest BCUT2D eigenvalue weighted by Gasteiger charge is -2.30. The van der Waals surface area contributed by atoms with Gasteiger partial charge in [0.1, 0.15) is 0 Å². The predicted molar refractivity (Wildman–Crippen MR) is 87.0 cm³/mol. The molecule has 2 nitrogen and oxygen atoms in total. The van der Waals surface area contributed by atoms with Gasteiger partial charge in [0.05, 0.1) is 0 Å². The zero-order valence-electron chi connectivity index (χ0n) is 13.4. The molecule has 112 valence electrons. The zero-order chi connectivity index (χ0) is 14.5. The molecule has 1 aliphatic carbocycles. The van der Waals surface area contributed by atoms with Gasteiger partial charge in [0, 0.05) is 12.6 Å². The van der Waals surface area contributed by atoms with Crippen LogP contribution in [-0.4, -0.2) is 24.0 Å². The molecule has 0 saturated heterocycles. The highest BCUT2D eigenvalue weighted by molar-refractivity contribution is 5.37. The fourth-order valence-corrected chi connectivity index (χ4v) is 3.62. The Morgan fingerprint density at radius 2 is 1.70 bits per heavy atom. The molecule has 1 aromatic rings. The minimum absolute atomic E-state index is 0.779. The minimum Gasteiger partial charge on any atom is -0.330 e. The summed E-state index contributed by atoms with van der Waals surface area (Å²) in [6, 6.07) is 5.41. The summed E-state index contributed by atoms with van der Waals surface area (Å²) in [5.74, 6) is 0. The minimum atomic E-state index is 0.779. The van der Waals surface area contributed by atoms with Crippen molar-refractivity contribution in [3.8, 4) is 0 Å². The van der Waals surface area contributed by atoms with Crippen LogP contribution in [0.4, 0.5) is 0 Å². The lowest BCUT2D eigenvalue weighted by Crippen LogP contribution is -2.35. The third-order valence-corrected chi connectivity index (χ3v) is 4.69. The highest BCUT2D eigenvalue weighted by Gasteiger charge is 2.23. The van der Waals surface area contributed by atoms with Gasteiger partial charge in [-0.2, -0.15) is 0 Å². The third kappa shape index (κ3) is 3.83. The normalized spacial score (nSPS) is 16.2. The standard InChI is InChI=1S/C18H30N2/c1-14-11-15(2)18(16(3)12-14)13-20(10-6-9-19)17-7-4-5-8-17/h11-12,17H,4-10,13,19H2,1-3H3. The number of hydrogen-bond acceptors (Lipinski definition) is 2. The van der Waals surface area contributed by atoms with Crippen molar-refractivity contribution in [2.75, 3.05) is 13.1 Å². The topological polar surface area (TPSA) is 29.3 Å². The second-order valence-electron chi connectivity index (χ2n) is 6.43. The van der Waals surface area contributed by atoms with E-state index >= 15 is 0 Å². The van der Waals surface area contributed by atoms with Gasteiger partial charge in [-0.1, -0.05) is 30.5 Å². The molecule has 1 saturated carbocycles. The van der Waals surface area contributed by atoms with Gasteiger partial charge >= 0.3 is 0 Å². The number of rotatable bonds is 6. The Morgan fingerprint density at radius 1 is 1.10 bits per heavy atom. The summed E-state index contributed by atoms with van der Waals surface area (Å²) in [6.07, 6.45) is 6.65. The van der Waals surface area contributed by atoms with E-state index in [9.17, 15) is 0 Å². The molecule has 0 bridgehead atoms. The predicted octanol–water partition coefficient (Wildman–Crippen LogP) is 3.71. The maximum absolute atomic E-state index is 5.72. The summed E-state index contributed by atoms with van der Waals surface area (Å²) < 4.78 is 0. The van der Waals surface area contributed by atoms with Crippen LogP contribution in [-0.2, 0) is 6.54 Å². The van der Waals surface area contributed by atoms with Crippen molar-refractivity contribution in [2.45, 2.75) is 65.5 Å². The molecule has 0 aliphatic heterocycles. The Labute approximate surface area is 124 Å². The average molecular weight is 274 g/mol. The molecule has 0 spiro atoms. The Hall–Kier alpha value is -0.860. The third-order valence-electron chi connectivity index (χ3n) is 4.69. The molecule has 0 aromatic heterocycles. The van der Waals surface area contributed by atoms with Crippen molar-refractivity contribution in [1.29, 1.82) is 0 Å². The van der Waals surface area contributed by atoms with Crippen molar-refractivity contribution in [1.82, 2.24) is 4.90 Å². The van der Waals surface area contributed by atoms with Crippen molar-refractivity contribution in [3.05, 3.63) is 34.4 Å². The first-order valence-corrected chi connectivity index (χ1v) is 8.12. The van der Waals surface area contributed by atoms with Gasteiger partial charge in [-0.05, 0) is 69.8 Å². The maximum Gasteiger partial charge on any atom is 0.0241 e. The van der Waals surface area contributed by atoms with Crippen LogP contribution in [0.5, 0.6) is 0 Å². The summed E-state index contributed by atoms with van der Waals surface area (Å²) >= 11 is 0. The fourth-order valence-electron chi connectivity index (χ4n) is 3.62. The first kappa shape index (κ1) is 15.5. The lowest BCUT2D eigenvalue weighted by molar-refractivity contribution is 0.188. The summed E-state index contributed by atoms with van der Waals surface area (Å²) in [4.78, 5) is 2.69. The van der Waals surface area contributed by atoms with E-state index in [1.165, 1.54) is 47.9 Å². The molecule has 1 fully saturated rings. The fraction of sp³-hybridized carbons (Fsp3) is 0.667. The summed E-state index contributed by atoms with van der Waals surface area (Å²) in [6.45, 7) is 9.74. The van der Waals surface area contributed by atoms with Gasteiger partial charge < -0.3 is 5.73 Å². The van der Waals surface area contributed by atoms with Crippen LogP contribution in [0.2, 0.25) is 0 Å². The van der Waals surface area contributed by atoms with Gasteiger partial charge in [-0.25, -0.2) is 0 Å². The van der Waals surface area contributed by atoms with Gasteiger partial charge in [-0.3, -0.25) is 4.90 Å². The molecule has 2 heteroatoms. The van der Waals surface area contributed by atoms with Crippen LogP contribution >= 0.6 is 0 Å². The summed E-state index contributed by atoms with van der Waals surface area (Å²) in [5.41, 5.74) is 11.5. The summed E-state index contributed by atoms with van der Waals surface area (Å²) in [5, 5.41) is 0. The molecule has 1 aromatic carbocycles. The van der Waals surface area contributed by atoms with Crippen LogP contribution in [0.1, 0.15) is 54.4 Å². The molecular formula is C18H30N2. The molecule has 2 N–H and O–H groups in total. The van der Waals surface area contributed by atoms with Gasteiger partial charge in [-0.15, -0.1) is 0 Å². The van der Waals surface area contributed by atoms with E-state index in [0.29, 0.717) is 0 Å².